The molecule has 0 aliphatic carbocycles. The molecule has 0 atom stereocenters. The van der Waals surface area contributed by atoms with Crippen LogP contribution in [0.4, 0.5) is 0 Å². The van der Waals surface area contributed by atoms with E-state index in [0.29, 0.717) is 17.0 Å². The van der Waals surface area contributed by atoms with Gasteiger partial charge >= 0.3 is 0 Å². The van der Waals surface area contributed by atoms with Gasteiger partial charge in [-0.2, -0.15) is 0 Å². The summed E-state index contributed by atoms with van der Waals surface area (Å²) in [7, 11) is 0. The molecule has 5 heteroatoms. The van der Waals surface area contributed by atoms with Crippen LogP contribution in [0.2, 0.25) is 0 Å². The van der Waals surface area contributed by atoms with Crippen LogP contribution in [0, 0.1) is 0 Å². The molecule has 0 unspecified atom stereocenters. The first-order valence-electron chi connectivity index (χ1n) is 9.36. The molecule has 5 nitrogen and oxygen atoms in total. The zero-order valence-electron chi connectivity index (χ0n) is 16.9. The lowest BCUT2D eigenvalue weighted by molar-refractivity contribution is 0.284. The zero-order chi connectivity index (χ0) is 20.7. The molecule has 28 heavy (non-hydrogen) atoms. The van der Waals surface area contributed by atoms with Crippen LogP contribution in [0.15, 0.2) is 59.8 Å². The smallest absolute Gasteiger partial charge is 0.125 e. The molecule has 1 heterocycles. The van der Waals surface area contributed by atoms with Crippen molar-refractivity contribution in [2.45, 2.75) is 45.2 Å². The van der Waals surface area contributed by atoms with Crippen LogP contribution in [0.25, 0.3) is 16.5 Å². The van der Waals surface area contributed by atoms with Gasteiger partial charge in [-0.25, -0.2) is 0 Å². The fraction of sp³-hybridized carbons (Fsp3) is 0.304. The Morgan fingerprint density at radius 1 is 0.964 bits per heavy atom. The third kappa shape index (κ3) is 4.31. The Morgan fingerprint density at radius 3 is 2.32 bits per heavy atom. The van der Waals surface area contributed by atoms with Crippen molar-refractivity contribution in [1.29, 1.82) is 0 Å². The Balaban J connectivity index is 1.93. The molecule has 3 rings (SSSR count). The van der Waals surface area contributed by atoms with Gasteiger partial charge in [0, 0.05) is 28.0 Å². The van der Waals surface area contributed by atoms with Gasteiger partial charge < -0.3 is 27.0 Å². The number of rotatable bonds is 3. The van der Waals surface area contributed by atoms with Crippen LogP contribution in [-0.4, -0.2) is 21.3 Å². The van der Waals surface area contributed by atoms with Crippen molar-refractivity contribution in [3.05, 3.63) is 65.4 Å². The summed E-state index contributed by atoms with van der Waals surface area (Å²) in [5.41, 5.74) is 15.1. The molecule has 0 fully saturated rings. The van der Waals surface area contributed by atoms with E-state index in [1.165, 1.54) is 0 Å². The van der Waals surface area contributed by atoms with E-state index in [9.17, 15) is 10.2 Å². The minimum absolute atomic E-state index is 0.0521. The molecule has 0 spiro atoms. The summed E-state index contributed by atoms with van der Waals surface area (Å²) >= 11 is 0. The van der Waals surface area contributed by atoms with E-state index < -0.39 is 0 Å². The number of allylic oxidation sites excluding steroid dienone is 3. The minimum atomic E-state index is -0.146. The number of aromatic hydroxyl groups is 2. The molecular weight excluding hydrogens is 350 g/mol. The predicted molar refractivity (Wildman–Crippen MR) is 116 cm³/mol. The van der Waals surface area contributed by atoms with Crippen molar-refractivity contribution >= 4 is 16.5 Å². The highest BCUT2D eigenvalue weighted by molar-refractivity contribution is 5.89. The summed E-state index contributed by atoms with van der Waals surface area (Å²) in [5, 5.41) is 25.1. The lowest BCUT2D eigenvalue weighted by Gasteiger charge is -2.41. The third-order valence-electron chi connectivity index (χ3n) is 4.89. The first-order chi connectivity index (χ1) is 13.0. The van der Waals surface area contributed by atoms with E-state index in [-0.39, 0.29) is 22.6 Å². The van der Waals surface area contributed by atoms with Crippen LogP contribution in [0.1, 0.15) is 39.7 Å². The molecule has 0 radical (unpaired) electrons. The van der Waals surface area contributed by atoms with Crippen LogP contribution in [0.3, 0.4) is 0 Å². The number of hydrogen-bond acceptors (Lipinski definition) is 5. The van der Waals surface area contributed by atoms with Crippen LogP contribution >= 0.6 is 0 Å². The number of nitrogens with two attached hydrogens (primary N) is 2. The molecule has 0 bridgehead atoms. The van der Waals surface area contributed by atoms with Gasteiger partial charge in [0.1, 0.15) is 11.5 Å². The van der Waals surface area contributed by atoms with Crippen molar-refractivity contribution in [3.63, 3.8) is 0 Å². The standard InChI is InChI=1S/C23H29N3O2/c1-22(2)12-16(13-23(3,4)26-22)19(24)7-8-20(25)18-10-14-5-6-17(27)9-15(14)11-21(18)28/h5-12,26-28H,13,24-25H2,1-4H3/b19-7-,20-8-. The number of fused-ring (bicyclic) bond motifs is 1. The Hall–Kier alpha value is -2.92. The molecular formula is C23H29N3O2. The van der Waals surface area contributed by atoms with Gasteiger partial charge in [-0.15, -0.1) is 0 Å². The van der Waals surface area contributed by atoms with E-state index in [4.69, 9.17) is 11.5 Å². The summed E-state index contributed by atoms with van der Waals surface area (Å²) < 4.78 is 0. The maximum atomic E-state index is 10.3. The summed E-state index contributed by atoms with van der Waals surface area (Å²) in [4.78, 5) is 0. The largest absolute Gasteiger partial charge is 0.508 e. The van der Waals surface area contributed by atoms with Crippen molar-refractivity contribution < 1.29 is 10.2 Å². The molecule has 1 aliphatic heterocycles. The van der Waals surface area contributed by atoms with E-state index >= 15 is 0 Å². The number of benzene rings is 2. The Labute approximate surface area is 166 Å². The van der Waals surface area contributed by atoms with Gasteiger partial charge in [-0.05, 0) is 86.9 Å². The molecule has 0 amide bonds. The summed E-state index contributed by atoms with van der Waals surface area (Å²) in [6.45, 7) is 8.56. The molecule has 148 valence electrons. The van der Waals surface area contributed by atoms with E-state index in [1.807, 2.05) is 0 Å². The number of hydrogen-bond donors (Lipinski definition) is 5. The van der Waals surface area contributed by atoms with E-state index in [0.717, 1.165) is 22.8 Å². The van der Waals surface area contributed by atoms with Gasteiger partial charge in [0.15, 0.2) is 0 Å². The van der Waals surface area contributed by atoms with Crippen molar-refractivity contribution in [2.24, 2.45) is 11.5 Å². The lowest BCUT2D eigenvalue weighted by atomic mass is 9.82. The normalized spacial score (nSPS) is 19.5. The van der Waals surface area contributed by atoms with Crippen molar-refractivity contribution in [3.8, 4) is 11.5 Å². The molecule has 0 aromatic heterocycles. The second kappa shape index (κ2) is 6.91. The van der Waals surface area contributed by atoms with Gasteiger partial charge in [-0.3, -0.25) is 0 Å². The summed E-state index contributed by atoms with van der Waals surface area (Å²) in [5.74, 6) is 0.210. The Kier molecular flexibility index (Phi) is 4.90. The summed E-state index contributed by atoms with van der Waals surface area (Å²) in [6, 6.07) is 8.39. The predicted octanol–water partition coefficient (Wildman–Crippen LogP) is 3.87. The quantitative estimate of drug-likeness (QED) is 0.521. The first kappa shape index (κ1) is 19.8. The maximum Gasteiger partial charge on any atom is 0.125 e. The second-order valence-electron chi connectivity index (χ2n) is 8.72. The molecule has 0 saturated heterocycles. The first-order valence-corrected chi connectivity index (χ1v) is 9.36. The lowest BCUT2D eigenvalue weighted by Crippen LogP contribution is -2.54. The topological polar surface area (TPSA) is 105 Å². The molecule has 1 aliphatic rings. The van der Waals surface area contributed by atoms with E-state index in [1.54, 1.807) is 42.5 Å². The van der Waals surface area contributed by atoms with Gasteiger partial charge in [0.2, 0.25) is 0 Å². The number of nitrogens with one attached hydrogen (secondary N) is 1. The number of phenols is 2. The van der Waals surface area contributed by atoms with Gasteiger partial charge in [-0.1, -0.05) is 12.1 Å². The minimum Gasteiger partial charge on any atom is -0.508 e. The van der Waals surface area contributed by atoms with Crippen molar-refractivity contribution in [1.82, 2.24) is 5.32 Å². The highest BCUT2D eigenvalue weighted by Crippen LogP contribution is 2.32. The van der Waals surface area contributed by atoms with E-state index in [2.05, 4.69) is 39.1 Å². The molecule has 7 N–H and O–H groups in total. The highest BCUT2D eigenvalue weighted by atomic mass is 16.3. The van der Waals surface area contributed by atoms with Crippen LogP contribution < -0.4 is 16.8 Å². The Bertz CT molecular complexity index is 1010. The van der Waals surface area contributed by atoms with Crippen LogP contribution in [0.5, 0.6) is 11.5 Å². The average Bonchev–Trinajstić information content (AvgIpc) is 2.55. The van der Waals surface area contributed by atoms with Gasteiger partial charge in [0.05, 0.1) is 0 Å². The monoisotopic (exact) mass is 379 g/mol. The molecule has 0 saturated carbocycles. The molecule has 2 aromatic rings. The SMILES string of the molecule is CC1(C)C=C(/C(N)=C/C=C(\N)c2cc3ccc(O)cc3cc2O)CC(C)(C)N1. The zero-order valence-corrected chi connectivity index (χ0v) is 16.9. The second-order valence-corrected chi connectivity index (χ2v) is 8.72. The maximum absolute atomic E-state index is 10.3. The van der Waals surface area contributed by atoms with Crippen molar-refractivity contribution in [2.75, 3.05) is 0 Å². The number of phenolic OH excluding ortho intramolecular Hbond substituents is 2. The van der Waals surface area contributed by atoms with Crippen LogP contribution in [-0.2, 0) is 0 Å². The molecule has 2 aromatic carbocycles. The summed E-state index contributed by atoms with van der Waals surface area (Å²) in [6.07, 6.45) is 6.48. The van der Waals surface area contributed by atoms with Gasteiger partial charge in [0.25, 0.3) is 0 Å². The average molecular weight is 380 g/mol. The fourth-order valence-corrected chi connectivity index (χ4v) is 3.98. The Morgan fingerprint density at radius 2 is 1.64 bits per heavy atom. The highest BCUT2D eigenvalue weighted by Gasteiger charge is 2.32. The third-order valence-corrected chi connectivity index (χ3v) is 4.89. The fourth-order valence-electron chi connectivity index (χ4n) is 3.98.